The summed E-state index contributed by atoms with van der Waals surface area (Å²) in [5.41, 5.74) is 0. The number of hydrogen-bond donors (Lipinski definition) is 3. The Kier molecular flexibility index (Phi) is 11.1. The lowest BCUT2D eigenvalue weighted by molar-refractivity contribution is -0.135. The minimum atomic E-state index is -0.645. The summed E-state index contributed by atoms with van der Waals surface area (Å²) >= 11 is 5.85. The molecule has 0 amide bonds. The van der Waals surface area contributed by atoms with E-state index >= 15 is 0 Å². The Morgan fingerprint density at radius 3 is 2.52 bits per heavy atom. The molecule has 0 aromatic heterocycles. The zero-order valence-corrected chi connectivity index (χ0v) is 18.7. The second kappa shape index (κ2) is 13.5. The molecule has 2 rings (SSSR count). The summed E-state index contributed by atoms with van der Waals surface area (Å²) in [7, 11) is 0. The van der Waals surface area contributed by atoms with Gasteiger partial charge in [0.25, 0.3) is 0 Å². The van der Waals surface area contributed by atoms with Crippen molar-refractivity contribution in [3.05, 3.63) is 53.8 Å². The lowest BCUT2D eigenvalue weighted by atomic mass is 9.85. The molecule has 1 aliphatic carbocycles. The van der Waals surface area contributed by atoms with E-state index in [1.54, 1.807) is 30.3 Å². The molecule has 0 bridgehead atoms. The maximum atomic E-state index is 10.7. The molecule has 172 valence electrons. The Bertz CT molecular complexity index is 717. The van der Waals surface area contributed by atoms with Crippen LogP contribution in [0.1, 0.15) is 45.4 Å². The number of carbonyl (C=O) groups is 1. The van der Waals surface area contributed by atoms with E-state index < -0.39 is 18.3 Å². The van der Waals surface area contributed by atoms with Crippen molar-refractivity contribution >= 4 is 17.6 Å². The van der Waals surface area contributed by atoms with Crippen molar-refractivity contribution < 1.29 is 29.6 Å². The number of rotatable bonds is 12. The van der Waals surface area contributed by atoms with E-state index in [9.17, 15) is 20.1 Å². The van der Waals surface area contributed by atoms with Crippen molar-refractivity contribution in [2.45, 2.75) is 63.8 Å². The smallest absolute Gasteiger partial charge is 0.307 e. The molecule has 1 aromatic carbocycles. The second-order valence-electron chi connectivity index (χ2n) is 7.99. The second-order valence-corrected chi connectivity index (χ2v) is 8.43. The Hall–Kier alpha value is -1.86. The summed E-state index contributed by atoms with van der Waals surface area (Å²) in [5, 5.41) is 31.6. The topological polar surface area (TPSA) is 96.2 Å². The first-order valence-corrected chi connectivity index (χ1v) is 11.2. The molecule has 0 radical (unpaired) electrons. The number of carbonyl (C=O) groups excluding carboxylic acids is 1. The van der Waals surface area contributed by atoms with Crippen LogP contribution in [-0.4, -0.2) is 46.2 Å². The molecule has 3 N–H and O–H groups in total. The van der Waals surface area contributed by atoms with E-state index in [2.05, 4.69) is 0 Å². The molecule has 0 saturated heterocycles. The molecule has 5 atom stereocenters. The van der Waals surface area contributed by atoms with Crippen molar-refractivity contribution in [3.8, 4) is 5.75 Å². The fourth-order valence-electron chi connectivity index (χ4n) is 4.00. The molecule has 31 heavy (non-hydrogen) atoms. The minimum Gasteiger partial charge on any atom is -0.491 e. The van der Waals surface area contributed by atoms with Gasteiger partial charge >= 0.3 is 5.97 Å². The fourth-order valence-corrected chi connectivity index (χ4v) is 4.12. The molecule has 0 spiro atoms. The summed E-state index contributed by atoms with van der Waals surface area (Å²) < 4.78 is 10.3. The van der Waals surface area contributed by atoms with Crippen molar-refractivity contribution in [2.75, 3.05) is 6.61 Å². The number of aliphatic hydroxyl groups excluding tert-OH is 3. The van der Waals surface area contributed by atoms with Crippen LogP contribution in [0.25, 0.3) is 0 Å². The van der Waals surface area contributed by atoms with Crippen LogP contribution in [0.15, 0.2) is 48.8 Å². The third-order valence-corrected chi connectivity index (χ3v) is 5.83. The van der Waals surface area contributed by atoms with Crippen LogP contribution in [0.4, 0.5) is 0 Å². The summed E-state index contributed by atoms with van der Waals surface area (Å²) in [5.74, 6) is 0.275. The SMILES string of the molecule is CC(=O)O/C=C/C=C/CCC[C@@H]1[C@@H](CC[C@@H](O)COc2ccc(Cl)cc2)[C@H](O)C[C@@H]1O. The van der Waals surface area contributed by atoms with Gasteiger partial charge in [0.05, 0.1) is 24.6 Å². The van der Waals surface area contributed by atoms with Crippen LogP contribution in [-0.2, 0) is 9.53 Å². The molecule has 0 unspecified atom stereocenters. The van der Waals surface area contributed by atoms with E-state index in [4.69, 9.17) is 21.1 Å². The molecule has 0 aliphatic heterocycles. The highest BCUT2D eigenvalue weighted by molar-refractivity contribution is 6.30. The maximum absolute atomic E-state index is 10.7. The van der Waals surface area contributed by atoms with Crippen molar-refractivity contribution in [3.63, 3.8) is 0 Å². The van der Waals surface area contributed by atoms with Crippen LogP contribution in [0, 0.1) is 11.8 Å². The standard InChI is InChI=1S/C24H33ClO6/c1-17(26)30-14-6-4-2-3-5-7-21-22(24(29)15-23(21)28)13-10-19(27)16-31-20-11-8-18(25)9-12-20/h2,4,6,8-9,11-12,14,19,21-24,27-29H,3,5,7,10,13,15-16H2,1H3/b4-2+,14-6+/t19-,21-,22-,23+,24-/m1/s1. The third-order valence-electron chi connectivity index (χ3n) is 5.58. The van der Waals surface area contributed by atoms with E-state index in [0.717, 1.165) is 19.3 Å². The molecule has 1 fully saturated rings. The number of aliphatic hydroxyl groups is 3. The number of ether oxygens (including phenoxy) is 2. The first-order valence-electron chi connectivity index (χ1n) is 10.8. The number of esters is 1. The van der Waals surface area contributed by atoms with Crippen LogP contribution in [0.3, 0.4) is 0 Å². The van der Waals surface area contributed by atoms with Crippen LogP contribution >= 0.6 is 11.6 Å². The van der Waals surface area contributed by atoms with Gasteiger partial charge in [-0.3, -0.25) is 4.79 Å². The lowest BCUT2D eigenvalue weighted by Gasteiger charge is -2.24. The first-order chi connectivity index (χ1) is 14.9. The van der Waals surface area contributed by atoms with E-state index in [-0.39, 0.29) is 24.4 Å². The van der Waals surface area contributed by atoms with Crippen molar-refractivity contribution in [1.29, 1.82) is 0 Å². The molecular formula is C24H33ClO6. The molecule has 1 saturated carbocycles. The summed E-state index contributed by atoms with van der Waals surface area (Å²) in [4.78, 5) is 10.7. The molecule has 1 aromatic rings. The Labute approximate surface area is 189 Å². The first kappa shape index (κ1) is 25.4. The summed E-state index contributed by atoms with van der Waals surface area (Å²) in [6.07, 6.45) is 9.11. The summed E-state index contributed by atoms with van der Waals surface area (Å²) in [6.45, 7) is 1.51. The number of halogens is 1. The molecule has 7 heteroatoms. The minimum absolute atomic E-state index is 0.0179. The fraction of sp³-hybridized carbons (Fsp3) is 0.542. The van der Waals surface area contributed by atoms with Gasteiger partial charge in [0.2, 0.25) is 0 Å². The number of hydrogen-bond acceptors (Lipinski definition) is 6. The quantitative estimate of drug-likeness (QED) is 0.192. The normalized spacial score (nSPS) is 24.7. The van der Waals surface area contributed by atoms with Gasteiger partial charge in [-0.1, -0.05) is 23.8 Å². The number of unbranched alkanes of at least 4 members (excludes halogenated alkanes) is 1. The average Bonchev–Trinajstić information content (AvgIpc) is 3.00. The highest BCUT2D eigenvalue weighted by atomic mass is 35.5. The highest BCUT2D eigenvalue weighted by Crippen LogP contribution is 2.39. The van der Waals surface area contributed by atoms with Crippen molar-refractivity contribution in [1.82, 2.24) is 0 Å². The van der Waals surface area contributed by atoms with Gasteiger partial charge in [-0.05, 0) is 80.7 Å². The highest BCUT2D eigenvalue weighted by Gasteiger charge is 2.40. The van der Waals surface area contributed by atoms with Gasteiger partial charge in [-0.15, -0.1) is 0 Å². The van der Waals surface area contributed by atoms with Crippen LogP contribution in [0.2, 0.25) is 5.02 Å². The summed E-state index contributed by atoms with van der Waals surface area (Å²) in [6, 6.07) is 6.97. The molecular weight excluding hydrogens is 420 g/mol. The monoisotopic (exact) mass is 452 g/mol. The molecule has 0 heterocycles. The Morgan fingerprint density at radius 1 is 1.16 bits per heavy atom. The van der Waals surface area contributed by atoms with Gasteiger partial charge in [-0.2, -0.15) is 0 Å². The predicted molar refractivity (Wildman–Crippen MR) is 120 cm³/mol. The molecule has 1 aliphatic rings. The zero-order valence-electron chi connectivity index (χ0n) is 17.9. The third kappa shape index (κ3) is 9.44. The van der Waals surface area contributed by atoms with Crippen molar-refractivity contribution in [2.24, 2.45) is 11.8 Å². The maximum Gasteiger partial charge on any atom is 0.307 e. The average molecular weight is 453 g/mol. The van der Waals surface area contributed by atoms with Gasteiger partial charge < -0.3 is 24.8 Å². The van der Waals surface area contributed by atoms with E-state index in [1.807, 2.05) is 12.2 Å². The van der Waals surface area contributed by atoms with Gasteiger partial charge in [0.15, 0.2) is 0 Å². The Morgan fingerprint density at radius 2 is 1.84 bits per heavy atom. The lowest BCUT2D eigenvalue weighted by Crippen LogP contribution is -2.25. The predicted octanol–water partition coefficient (Wildman–Crippen LogP) is 4.02. The zero-order chi connectivity index (χ0) is 22.6. The number of benzene rings is 1. The molecule has 6 nitrogen and oxygen atoms in total. The van der Waals surface area contributed by atoms with E-state index in [0.29, 0.717) is 30.0 Å². The van der Waals surface area contributed by atoms with Gasteiger partial charge in [-0.25, -0.2) is 0 Å². The van der Waals surface area contributed by atoms with Gasteiger partial charge in [0, 0.05) is 11.9 Å². The van der Waals surface area contributed by atoms with Crippen LogP contribution < -0.4 is 4.74 Å². The van der Waals surface area contributed by atoms with Gasteiger partial charge in [0.1, 0.15) is 12.4 Å². The van der Waals surface area contributed by atoms with Crippen LogP contribution in [0.5, 0.6) is 5.75 Å². The number of allylic oxidation sites excluding steroid dienone is 3. The van der Waals surface area contributed by atoms with E-state index in [1.165, 1.54) is 13.2 Å². The Balaban J connectivity index is 1.71. The largest absolute Gasteiger partial charge is 0.491 e.